The van der Waals surface area contributed by atoms with Crippen LogP contribution < -0.4 is 5.32 Å². The van der Waals surface area contributed by atoms with Crippen LogP contribution in [0.1, 0.15) is 10.4 Å². The van der Waals surface area contributed by atoms with Crippen molar-refractivity contribution in [3.63, 3.8) is 0 Å². The van der Waals surface area contributed by atoms with E-state index < -0.39 is 11.7 Å². The number of amides is 1. The summed E-state index contributed by atoms with van der Waals surface area (Å²) >= 11 is 11.6. The maximum atomic E-state index is 12.8. The number of nitrogens with zero attached hydrogens (tertiary/aromatic N) is 1. The van der Waals surface area contributed by atoms with Gasteiger partial charge in [-0.1, -0.05) is 23.2 Å². The number of nitrogens with one attached hydrogen (secondary N) is 1. The number of carbonyl (C=O) groups is 1. The smallest absolute Gasteiger partial charge is 0.258 e. The van der Waals surface area contributed by atoms with Crippen LogP contribution in [-0.2, 0) is 0 Å². The first-order valence-corrected chi connectivity index (χ1v) is 5.70. The fraction of sp³-hybridized carbons (Fsp3) is 0. The largest absolute Gasteiger partial charge is 0.321 e. The van der Waals surface area contributed by atoms with Crippen molar-refractivity contribution in [1.29, 1.82) is 0 Å². The Kier molecular flexibility index (Phi) is 3.79. The molecule has 1 aromatic heterocycles. The summed E-state index contributed by atoms with van der Waals surface area (Å²) in [5, 5.41) is 2.74. The molecular weight excluding hydrogens is 278 g/mol. The second-order valence-corrected chi connectivity index (χ2v) is 4.19. The minimum atomic E-state index is -0.475. The molecule has 0 aliphatic heterocycles. The Labute approximate surface area is 113 Å². The van der Waals surface area contributed by atoms with Gasteiger partial charge in [0.1, 0.15) is 11.0 Å². The number of rotatable bonds is 2. The predicted molar refractivity (Wildman–Crippen MR) is 68.6 cm³/mol. The number of hydrogen-bond acceptors (Lipinski definition) is 2. The van der Waals surface area contributed by atoms with Crippen LogP contribution in [0.4, 0.5) is 10.1 Å². The molecule has 0 fully saturated rings. The molecule has 0 saturated carbocycles. The minimum absolute atomic E-state index is 0.0910. The third kappa shape index (κ3) is 2.78. The van der Waals surface area contributed by atoms with E-state index in [1.165, 1.54) is 24.4 Å². The molecule has 92 valence electrons. The molecule has 2 rings (SSSR count). The quantitative estimate of drug-likeness (QED) is 0.853. The van der Waals surface area contributed by atoms with E-state index >= 15 is 0 Å². The average molecular weight is 285 g/mol. The van der Waals surface area contributed by atoms with Crippen molar-refractivity contribution in [3.05, 3.63) is 58.1 Å². The molecule has 0 unspecified atom stereocenters. The summed E-state index contributed by atoms with van der Waals surface area (Å²) < 4.78 is 12.8. The number of carbonyl (C=O) groups excluding carboxylic acids is 1. The second kappa shape index (κ2) is 5.33. The Hall–Kier alpha value is -1.65. The molecule has 2 aromatic rings. The monoisotopic (exact) mass is 284 g/mol. The maximum absolute atomic E-state index is 12.8. The predicted octanol–water partition coefficient (Wildman–Crippen LogP) is 3.78. The zero-order valence-electron chi connectivity index (χ0n) is 8.95. The fourth-order valence-corrected chi connectivity index (χ4v) is 1.76. The van der Waals surface area contributed by atoms with Crippen LogP contribution in [0.3, 0.4) is 0 Å². The van der Waals surface area contributed by atoms with Crippen molar-refractivity contribution >= 4 is 34.8 Å². The van der Waals surface area contributed by atoms with Crippen LogP contribution in [0.2, 0.25) is 10.2 Å². The summed E-state index contributed by atoms with van der Waals surface area (Å²) in [5.41, 5.74) is 0.530. The Morgan fingerprint density at radius 3 is 2.72 bits per heavy atom. The van der Waals surface area contributed by atoms with E-state index in [2.05, 4.69) is 10.3 Å². The highest BCUT2D eigenvalue weighted by atomic mass is 35.5. The third-order valence-electron chi connectivity index (χ3n) is 2.18. The van der Waals surface area contributed by atoms with Gasteiger partial charge >= 0.3 is 0 Å². The average Bonchev–Trinajstić information content (AvgIpc) is 2.33. The normalized spacial score (nSPS) is 10.2. The van der Waals surface area contributed by atoms with Gasteiger partial charge in [0.15, 0.2) is 0 Å². The van der Waals surface area contributed by atoms with Gasteiger partial charge in [0.2, 0.25) is 0 Å². The van der Waals surface area contributed by atoms with Gasteiger partial charge in [0, 0.05) is 6.20 Å². The van der Waals surface area contributed by atoms with Crippen molar-refractivity contribution in [2.75, 3.05) is 5.32 Å². The van der Waals surface area contributed by atoms with Crippen molar-refractivity contribution in [1.82, 2.24) is 4.98 Å². The van der Waals surface area contributed by atoms with Crippen LogP contribution in [0.15, 0.2) is 36.5 Å². The molecule has 0 atom stereocenters. The van der Waals surface area contributed by atoms with Crippen LogP contribution >= 0.6 is 23.2 Å². The number of anilines is 1. The SMILES string of the molecule is O=C(Nc1ccc(F)cc1Cl)c1cccnc1Cl. The lowest BCUT2D eigenvalue weighted by molar-refractivity contribution is 0.102. The summed E-state index contributed by atoms with van der Waals surface area (Å²) in [5.74, 6) is -0.931. The van der Waals surface area contributed by atoms with Crippen LogP contribution in [-0.4, -0.2) is 10.9 Å². The lowest BCUT2D eigenvalue weighted by Crippen LogP contribution is -2.13. The number of benzene rings is 1. The molecule has 1 amide bonds. The van der Waals surface area contributed by atoms with E-state index in [-0.39, 0.29) is 15.7 Å². The van der Waals surface area contributed by atoms with Gasteiger partial charge in [-0.25, -0.2) is 9.37 Å². The molecule has 1 heterocycles. The number of aromatic nitrogens is 1. The zero-order valence-corrected chi connectivity index (χ0v) is 10.5. The molecule has 18 heavy (non-hydrogen) atoms. The van der Waals surface area contributed by atoms with Gasteiger partial charge in [-0.15, -0.1) is 0 Å². The van der Waals surface area contributed by atoms with Gasteiger partial charge in [-0.2, -0.15) is 0 Å². The molecule has 6 heteroatoms. The Bertz CT molecular complexity index is 604. The van der Waals surface area contributed by atoms with E-state index in [0.717, 1.165) is 6.07 Å². The van der Waals surface area contributed by atoms with E-state index in [1.807, 2.05) is 0 Å². The topological polar surface area (TPSA) is 42.0 Å². The first-order valence-electron chi connectivity index (χ1n) is 4.95. The molecule has 0 saturated heterocycles. The Morgan fingerprint density at radius 2 is 2.06 bits per heavy atom. The molecule has 0 aliphatic carbocycles. The maximum Gasteiger partial charge on any atom is 0.258 e. The van der Waals surface area contributed by atoms with Crippen molar-refractivity contribution in [3.8, 4) is 0 Å². The van der Waals surface area contributed by atoms with Gasteiger partial charge in [0.05, 0.1) is 16.3 Å². The molecule has 1 N–H and O–H groups in total. The number of hydrogen-bond donors (Lipinski definition) is 1. The molecule has 0 bridgehead atoms. The summed E-state index contributed by atoms with van der Waals surface area (Å²) in [6.07, 6.45) is 1.48. The van der Waals surface area contributed by atoms with Gasteiger partial charge in [-0.05, 0) is 30.3 Å². The Morgan fingerprint density at radius 1 is 1.28 bits per heavy atom. The van der Waals surface area contributed by atoms with E-state index in [9.17, 15) is 9.18 Å². The lowest BCUT2D eigenvalue weighted by atomic mass is 10.2. The summed E-state index contributed by atoms with van der Waals surface area (Å²) in [6.45, 7) is 0. The first kappa shape index (κ1) is 12.8. The highest BCUT2D eigenvalue weighted by molar-refractivity contribution is 6.35. The third-order valence-corrected chi connectivity index (χ3v) is 2.80. The van der Waals surface area contributed by atoms with Gasteiger partial charge in [0.25, 0.3) is 5.91 Å². The van der Waals surface area contributed by atoms with Gasteiger partial charge < -0.3 is 5.32 Å². The molecule has 0 radical (unpaired) electrons. The molecule has 1 aromatic carbocycles. The summed E-state index contributed by atoms with van der Waals surface area (Å²) in [7, 11) is 0. The van der Waals surface area contributed by atoms with E-state index in [0.29, 0.717) is 5.69 Å². The summed E-state index contributed by atoms with van der Waals surface area (Å²) in [6, 6.07) is 6.81. The minimum Gasteiger partial charge on any atom is -0.321 e. The molecule has 3 nitrogen and oxygen atoms in total. The fourth-order valence-electron chi connectivity index (χ4n) is 1.34. The van der Waals surface area contributed by atoms with Crippen molar-refractivity contribution in [2.24, 2.45) is 0 Å². The molecule has 0 spiro atoms. The molecular formula is C12H7Cl2FN2O. The highest BCUT2D eigenvalue weighted by Crippen LogP contribution is 2.23. The standard InChI is InChI=1S/C12H7Cl2FN2O/c13-9-6-7(15)3-4-10(9)17-12(18)8-2-1-5-16-11(8)14/h1-6H,(H,17,18). The van der Waals surface area contributed by atoms with E-state index in [1.54, 1.807) is 6.07 Å². The lowest BCUT2D eigenvalue weighted by Gasteiger charge is -2.07. The van der Waals surface area contributed by atoms with Crippen LogP contribution in [0.5, 0.6) is 0 Å². The second-order valence-electron chi connectivity index (χ2n) is 3.42. The van der Waals surface area contributed by atoms with Crippen molar-refractivity contribution < 1.29 is 9.18 Å². The van der Waals surface area contributed by atoms with E-state index in [4.69, 9.17) is 23.2 Å². The van der Waals surface area contributed by atoms with Crippen LogP contribution in [0.25, 0.3) is 0 Å². The van der Waals surface area contributed by atoms with Crippen molar-refractivity contribution in [2.45, 2.75) is 0 Å². The van der Waals surface area contributed by atoms with Crippen LogP contribution in [0, 0.1) is 5.82 Å². The van der Waals surface area contributed by atoms with Gasteiger partial charge in [-0.3, -0.25) is 4.79 Å². The Balaban J connectivity index is 2.24. The summed E-state index contributed by atoms with van der Waals surface area (Å²) in [4.78, 5) is 15.7. The molecule has 0 aliphatic rings. The number of halogens is 3. The highest BCUT2D eigenvalue weighted by Gasteiger charge is 2.12. The first-order chi connectivity index (χ1) is 8.58. The number of pyridine rings is 1. The zero-order chi connectivity index (χ0) is 13.1.